The van der Waals surface area contributed by atoms with E-state index in [9.17, 15) is 4.39 Å². The second-order valence-electron chi connectivity index (χ2n) is 4.98. The normalized spacial score (nSPS) is 12.4. The highest BCUT2D eigenvalue weighted by Gasteiger charge is 2.10. The average molecular weight is 257 g/mol. The van der Waals surface area contributed by atoms with Gasteiger partial charge >= 0.3 is 0 Å². The third-order valence-electron chi connectivity index (χ3n) is 3.39. The fourth-order valence-electron chi connectivity index (χ4n) is 2.28. The molecular weight excluding hydrogens is 237 g/mol. The van der Waals surface area contributed by atoms with Crippen LogP contribution in [0.4, 0.5) is 4.39 Å². The SMILES string of the molecule is CCCc1cccc(C(N)c2ccc(F)c(C)c2)c1. The van der Waals surface area contributed by atoms with E-state index in [4.69, 9.17) is 5.73 Å². The molecule has 0 amide bonds. The molecule has 0 aliphatic rings. The minimum atomic E-state index is -0.198. The monoisotopic (exact) mass is 257 g/mol. The highest BCUT2D eigenvalue weighted by atomic mass is 19.1. The molecule has 0 aromatic heterocycles. The van der Waals surface area contributed by atoms with Crippen LogP contribution in [0, 0.1) is 12.7 Å². The van der Waals surface area contributed by atoms with E-state index in [2.05, 4.69) is 19.1 Å². The van der Waals surface area contributed by atoms with Crippen molar-refractivity contribution >= 4 is 0 Å². The van der Waals surface area contributed by atoms with E-state index in [1.165, 1.54) is 11.6 Å². The van der Waals surface area contributed by atoms with Gasteiger partial charge in [-0.2, -0.15) is 0 Å². The first-order valence-corrected chi connectivity index (χ1v) is 6.72. The van der Waals surface area contributed by atoms with Gasteiger partial charge in [0.05, 0.1) is 6.04 Å². The molecule has 2 N–H and O–H groups in total. The summed E-state index contributed by atoms with van der Waals surface area (Å²) in [6.07, 6.45) is 2.18. The molecule has 0 aliphatic carbocycles. The van der Waals surface area contributed by atoms with Gasteiger partial charge in [0, 0.05) is 0 Å². The summed E-state index contributed by atoms with van der Waals surface area (Å²) in [6, 6.07) is 13.2. The first-order chi connectivity index (χ1) is 9.11. The summed E-state index contributed by atoms with van der Waals surface area (Å²) in [6.45, 7) is 3.93. The maximum Gasteiger partial charge on any atom is 0.126 e. The Hall–Kier alpha value is -1.67. The van der Waals surface area contributed by atoms with Crippen LogP contribution in [0.2, 0.25) is 0 Å². The summed E-state index contributed by atoms with van der Waals surface area (Å²) in [5, 5.41) is 0. The molecule has 0 heterocycles. The topological polar surface area (TPSA) is 26.0 Å². The zero-order valence-corrected chi connectivity index (χ0v) is 11.5. The molecule has 1 atom stereocenters. The third kappa shape index (κ3) is 3.21. The Morgan fingerprint density at radius 3 is 2.53 bits per heavy atom. The Morgan fingerprint density at radius 1 is 1.11 bits per heavy atom. The predicted octanol–water partition coefficient (Wildman–Crippen LogP) is 4.13. The van der Waals surface area contributed by atoms with Gasteiger partial charge < -0.3 is 5.73 Å². The smallest absolute Gasteiger partial charge is 0.126 e. The van der Waals surface area contributed by atoms with E-state index in [0.717, 1.165) is 24.0 Å². The minimum Gasteiger partial charge on any atom is -0.320 e. The van der Waals surface area contributed by atoms with Crippen molar-refractivity contribution in [2.24, 2.45) is 5.73 Å². The Balaban J connectivity index is 2.29. The van der Waals surface area contributed by atoms with Gasteiger partial charge in [-0.25, -0.2) is 4.39 Å². The van der Waals surface area contributed by atoms with Gasteiger partial charge in [0.15, 0.2) is 0 Å². The molecule has 0 saturated heterocycles. The highest BCUT2D eigenvalue weighted by molar-refractivity contribution is 5.36. The molecule has 0 aliphatic heterocycles. The van der Waals surface area contributed by atoms with Crippen LogP contribution in [0.25, 0.3) is 0 Å². The van der Waals surface area contributed by atoms with Crippen molar-refractivity contribution in [3.05, 3.63) is 70.5 Å². The van der Waals surface area contributed by atoms with Crippen LogP contribution in [0.5, 0.6) is 0 Å². The molecule has 2 heteroatoms. The van der Waals surface area contributed by atoms with E-state index in [0.29, 0.717) is 5.56 Å². The summed E-state index contributed by atoms with van der Waals surface area (Å²) >= 11 is 0. The Labute approximate surface area is 114 Å². The zero-order valence-electron chi connectivity index (χ0n) is 11.5. The summed E-state index contributed by atoms with van der Waals surface area (Å²) in [4.78, 5) is 0. The third-order valence-corrected chi connectivity index (χ3v) is 3.39. The van der Waals surface area contributed by atoms with Crippen molar-refractivity contribution in [1.82, 2.24) is 0 Å². The molecule has 1 nitrogen and oxygen atoms in total. The van der Waals surface area contributed by atoms with E-state index in [1.54, 1.807) is 13.0 Å². The lowest BCUT2D eigenvalue weighted by atomic mass is 9.96. The lowest BCUT2D eigenvalue weighted by Gasteiger charge is -2.14. The van der Waals surface area contributed by atoms with Crippen LogP contribution < -0.4 is 5.73 Å². The molecule has 0 radical (unpaired) electrons. The van der Waals surface area contributed by atoms with Crippen molar-refractivity contribution in [2.75, 3.05) is 0 Å². The number of aryl methyl sites for hydroxylation is 2. The molecule has 1 unspecified atom stereocenters. The van der Waals surface area contributed by atoms with E-state index < -0.39 is 0 Å². The van der Waals surface area contributed by atoms with Gasteiger partial charge in [0.1, 0.15) is 5.82 Å². The summed E-state index contributed by atoms with van der Waals surface area (Å²) in [7, 11) is 0. The second-order valence-corrected chi connectivity index (χ2v) is 4.98. The molecule has 100 valence electrons. The number of halogens is 1. The average Bonchev–Trinajstić information content (AvgIpc) is 2.42. The molecule has 0 fully saturated rings. The van der Waals surface area contributed by atoms with Gasteiger partial charge in [-0.3, -0.25) is 0 Å². The van der Waals surface area contributed by atoms with Crippen LogP contribution in [-0.4, -0.2) is 0 Å². The number of rotatable bonds is 4. The van der Waals surface area contributed by atoms with Crippen LogP contribution in [0.3, 0.4) is 0 Å². The van der Waals surface area contributed by atoms with Crippen molar-refractivity contribution in [3.63, 3.8) is 0 Å². The van der Waals surface area contributed by atoms with Crippen LogP contribution in [0.1, 0.15) is 41.6 Å². The molecule has 0 saturated carbocycles. The largest absolute Gasteiger partial charge is 0.320 e. The van der Waals surface area contributed by atoms with E-state index in [1.807, 2.05) is 18.2 Å². The van der Waals surface area contributed by atoms with Crippen LogP contribution in [0.15, 0.2) is 42.5 Å². The van der Waals surface area contributed by atoms with Crippen molar-refractivity contribution in [3.8, 4) is 0 Å². The lowest BCUT2D eigenvalue weighted by molar-refractivity contribution is 0.617. The van der Waals surface area contributed by atoms with E-state index >= 15 is 0 Å². The van der Waals surface area contributed by atoms with Crippen molar-refractivity contribution < 1.29 is 4.39 Å². The highest BCUT2D eigenvalue weighted by Crippen LogP contribution is 2.22. The van der Waals surface area contributed by atoms with Crippen molar-refractivity contribution in [1.29, 1.82) is 0 Å². The van der Waals surface area contributed by atoms with Crippen LogP contribution >= 0.6 is 0 Å². The number of benzene rings is 2. The fourth-order valence-corrected chi connectivity index (χ4v) is 2.28. The molecule has 2 aromatic rings. The predicted molar refractivity (Wildman–Crippen MR) is 77.6 cm³/mol. The fraction of sp³-hybridized carbons (Fsp3) is 0.294. The summed E-state index contributed by atoms with van der Waals surface area (Å²) < 4.78 is 13.3. The van der Waals surface area contributed by atoms with Gasteiger partial charge in [-0.1, -0.05) is 49.7 Å². The Morgan fingerprint density at radius 2 is 1.84 bits per heavy atom. The first-order valence-electron chi connectivity index (χ1n) is 6.72. The molecule has 2 rings (SSSR count). The quantitative estimate of drug-likeness (QED) is 0.875. The lowest BCUT2D eigenvalue weighted by Crippen LogP contribution is -2.12. The maximum absolute atomic E-state index is 13.3. The Bertz CT molecular complexity index is 563. The van der Waals surface area contributed by atoms with Gasteiger partial charge in [-0.15, -0.1) is 0 Å². The number of hydrogen-bond acceptors (Lipinski definition) is 1. The zero-order chi connectivity index (χ0) is 13.8. The summed E-state index contributed by atoms with van der Waals surface area (Å²) in [5.74, 6) is -0.185. The molecule has 0 spiro atoms. The molecular formula is C17H20FN. The minimum absolute atomic E-state index is 0.185. The first kappa shape index (κ1) is 13.8. The maximum atomic E-state index is 13.3. The number of nitrogens with two attached hydrogens (primary N) is 1. The standard InChI is InChI=1S/C17H20FN/c1-3-5-13-6-4-7-14(11-13)17(19)15-8-9-16(18)12(2)10-15/h4,6-11,17H,3,5,19H2,1-2H3. The van der Waals surface area contributed by atoms with E-state index in [-0.39, 0.29) is 11.9 Å². The Kier molecular flexibility index (Phi) is 4.33. The second kappa shape index (κ2) is 5.98. The van der Waals surface area contributed by atoms with Crippen molar-refractivity contribution in [2.45, 2.75) is 32.7 Å². The molecule has 19 heavy (non-hydrogen) atoms. The number of hydrogen-bond donors (Lipinski definition) is 1. The summed E-state index contributed by atoms with van der Waals surface area (Å²) in [5.41, 5.74) is 10.2. The molecule has 0 bridgehead atoms. The molecule has 2 aromatic carbocycles. The van der Waals surface area contributed by atoms with Gasteiger partial charge in [0.2, 0.25) is 0 Å². The van der Waals surface area contributed by atoms with Gasteiger partial charge in [0.25, 0.3) is 0 Å². The van der Waals surface area contributed by atoms with Gasteiger partial charge in [-0.05, 0) is 41.7 Å². The van der Waals surface area contributed by atoms with Crippen LogP contribution in [-0.2, 0) is 6.42 Å².